The molecular weight excluding hydrogens is 440 g/mol. The highest BCUT2D eigenvalue weighted by atomic mass is 16.5. The second-order valence-electron chi connectivity index (χ2n) is 7.22. The van der Waals surface area contributed by atoms with E-state index in [1.165, 1.54) is 30.0 Å². The summed E-state index contributed by atoms with van der Waals surface area (Å²) in [5.74, 6) is -3.59. The number of nitrogens with one attached hydrogen (secondary N) is 1. The number of amides is 1. The third-order valence-corrected chi connectivity index (χ3v) is 5.16. The van der Waals surface area contributed by atoms with Crippen LogP contribution < -0.4 is 16.0 Å². The molecule has 1 aliphatic heterocycles. The second kappa shape index (κ2) is 9.79. The Balaban J connectivity index is 2.39. The average Bonchev–Trinajstić information content (AvgIpc) is 2.84. The van der Waals surface area contributed by atoms with E-state index >= 15 is 0 Å². The van der Waals surface area contributed by atoms with Gasteiger partial charge in [-0.05, 0) is 23.8 Å². The van der Waals surface area contributed by atoms with Crippen LogP contribution in [-0.2, 0) is 23.9 Å². The molecule has 4 N–H and O–H groups in total. The number of nitrogens with zero attached hydrogens (tertiary/aromatic N) is 2. The number of anilines is 2. The Labute approximate surface area is 195 Å². The molecule has 1 amide bonds. The van der Waals surface area contributed by atoms with Gasteiger partial charge in [-0.3, -0.25) is 9.69 Å². The maximum absolute atomic E-state index is 13.0. The minimum absolute atomic E-state index is 0.00611. The zero-order chi connectivity index (χ0) is 25.0. The van der Waals surface area contributed by atoms with Crippen LogP contribution in [0.25, 0.3) is 0 Å². The molecule has 34 heavy (non-hydrogen) atoms. The second-order valence-corrected chi connectivity index (χ2v) is 7.22. The summed E-state index contributed by atoms with van der Waals surface area (Å²) < 4.78 is 9.93. The molecule has 0 saturated carbocycles. The third-order valence-electron chi connectivity index (χ3n) is 5.16. The topological polar surface area (TPSA) is 155 Å². The third kappa shape index (κ3) is 4.27. The predicted molar refractivity (Wildman–Crippen MR) is 122 cm³/mol. The van der Waals surface area contributed by atoms with Gasteiger partial charge in [0.15, 0.2) is 0 Å². The van der Waals surface area contributed by atoms with E-state index in [-0.39, 0.29) is 39.8 Å². The molecular formula is C24H22N4O6. The highest BCUT2D eigenvalue weighted by molar-refractivity contribution is 6.06. The largest absolute Gasteiger partial charge is 0.506 e. The number of hydrogen-bond donors (Lipinski definition) is 3. The van der Waals surface area contributed by atoms with Gasteiger partial charge in [0.1, 0.15) is 17.3 Å². The Hall–Kier alpha value is -4.78. The van der Waals surface area contributed by atoms with Gasteiger partial charge in [0.25, 0.3) is 0 Å². The standard InChI is InChI=1S/C24H22N4O6/c1-13(29)27-17-11-15(9-10-18(17)30)28-21(24(32)34-3)20(23(31)33-2)19(16(12-25)22(28)26)14-7-5-4-6-8-14/h4-11,19,30H,26H2,1-3H3,(H,27,29). The number of benzene rings is 2. The van der Waals surface area contributed by atoms with Crippen molar-refractivity contribution in [1.29, 1.82) is 5.26 Å². The maximum atomic E-state index is 13.0. The van der Waals surface area contributed by atoms with E-state index < -0.39 is 23.8 Å². The predicted octanol–water partition coefficient (Wildman–Crippen LogP) is 2.25. The molecule has 1 unspecified atom stereocenters. The average molecular weight is 462 g/mol. The quantitative estimate of drug-likeness (QED) is 0.448. The number of methoxy groups -OCH3 is 2. The van der Waals surface area contributed by atoms with Crippen molar-refractivity contribution in [3.8, 4) is 11.8 Å². The molecule has 0 bridgehead atoms. The van der Waals surface area contributed by atoms with Gasteiger partial charge < -0.3 is 25.6 Å². The highest BCUT2D eigenvalue weighted by Gasteiger charge is 2.43. The summed E-state index contributed by atoms with van der Waals surface area (Å²) in [7, 11) is 2.29. The lowest BCUT2D eigenvalue weighted by Gasteiger charge is -2.36. The normalized spacial score (nSPS) is 15.5. The minimum atomic E-state index is -1.00. The molecule has 0 fully saturated rings. The van der Waals surface area contributed by atoms with Gasteiger partial charge in [0.2, 0.25) is 5.91 Å². The summed E-state index contributed by atoms with van der Waals surface area (Å²) in [5.41, 5.74) is 6.73. The van der Waals surface area contributed by atoms with Crippen molar-refractivity contribution in [3.05, 3.63) is 76.8 Å². The SMILES string of the molecule is COC(=O)C1=C(C(=O)OC)N(c2ccc(O)c(NC(C)=O)c2)C(N)=C(C#N)C1c1ccccc1. The minimum Gasteiger partial charge on any atom is -0.506 e. The van der Waals surface area contributed by atoms with Crippen LogP contribution in [0, 0.1) is 11.3 Å². The summed E-state index contributed by atoms with van der Waals surface area (Å²) in [6.45, 7) is 1.26. The Kier molecular flexibility index (Phi) is 6.87. The summed E-state index contributed by atoms with van der Waals surface area (Å²) in [4.78, 5) is 38.8. The molecule has 1 aliphatic rings. The Morgan fingerprint density at radius 1 is 1.09 bits per heavy atom. The van der Waals surface area contributed by atoms with Crippen molar-refractivity contribution in [2.45, 2.75) is 12.8 Å². The van der Waals surface area contributed by atoms with Gasteiger partial charge in [0.05, 0.1) is 48.7 Å². The van der Waals surface area contributed by atoms with Crippen LogP contribution in [0.15, 0.2) is 71.2 Å². The van der Waals surface area contributed by atoms with E-state index in [1.807, 2.05) is 6.07 Å². The fraction of sp³-hybridized carbons (Fsp3) is 0.167. The zero-order valence-electron chi connectivity index (χ0n) is 18.7. The lowest BCUT2D eigenvalue weighted by Crippen LogP contribution is -2.40. The molecule has 10 nitrogen and oxygen atoms in total. The van der Waals surface area contributed by atoms with Crippen LogP contribution in [-0.4, -0.2) is 37.2 Å². The van der Waals surface area contributed by atoms with Gasteiger partial charge in [-0.2, -0.15) is 5.26 Å². The van der Waals surface area contributed by atoms with E-state index in [2.05, 4.69) is 5.32 Å². The van der Waals surface area contributed by atoms with Crippen molar-refractivity contribution < 1.29 is 29.0 Å². The van der Waals surface area contributed by atoms with Crippen LogP contribution in [0.5, 0.6) is 5.75 Å². The number of allylic oxidation sites excluding steroid dienone is 1. The van der Waals surface area contributed by atoms with Crippen molar-refractivity contribution in [2.24, 2.45) is 5.73 Å². The molecule has 0 radical (unpaired) electrons. The van der Waals surface area contributed by atoms with Gasteiger partial charge >= 0.3 is 11.9 Å². The number of hydrogen-bond acceptors (Lipinski definition) is 9. The monoisotopic (exact) mass is 462 g/mol. The summed E-state index contributed by atoms with van der Waals surface area (Å²) in [6, 6.07) is 14.7. The highest BCUT2D eigenvalue weighted by Crippen LogP contribution is 2.44. The molecule has 0 spiro atoms. The fourth-order valence-corrected chi connectivity index (χ4v) is 3.73. The first-order chi connectivity index (χ1) is 16.2. The number of carbonyl (C=O) groups is 3. The van der Waals surface area contributed by atoms with Crippen molar-refractivity contribution in [3.63, 3.8) is 0 Å². The summed E-state index contributed by atoms with van der Waals surface area (Å²) in [5, 5.41) is 22.6. The fourth-order valence-electron chi connectivity index (χ4n) is 3.73. The van der Waals surface area contributed by atoms with Crippen LogP contribution in [0.2, 0.25) is 0 Å². The number of esters is 2. The number of nitriles is 1. The number of rotatable bonds is 5. The molecule has 0 saturated heterocycles. The van der Waals surface area contributed by atoms with Crippen LogP contribution in [0.1, 0.15) is 18.4 Å². The van der Waals surface area contributed by atoms with Crippen LogP contribution in [0.3, 0.4) is 0 Å². The number of phenols is 1. The molecule has 174 valence electrons. The van der Waals surface area contributed by atoms with Crippen molar-refractivity contribution in [2.75, 3.05) is 24.4 Å². The number of aromatic hydroxyl groups is 1. The molecule has 1 heterocycles. The van der Waals surface area contributed by atoms with Crippen LogP contribution in [0.4, 0.5) is 11.4 Å². The number of nitrogens with two attached hydrogens (primary N) is 1. The lowest BCUT2D eigenvalue weighted by molar-refractivity contribution is -0.139. The van der Waals surface area contributed by atoms with E-state index in [9.17, 15) is 24.8 Å². The number of phenolic OH excluding ortho intramolecular Hbond substituents is 1. The first kappa shape index (κ1) is 23.9. The van der Waals surface area contributed by atoms with E-state index in [1.54, 1.807) is 30.3 Å². The first-order valence-corrected chi connectivity index (χ1v) is 10.0. The van der Waals surface area contributed by atoms with Crippen molar-refractivity contribution in [1.82, 2.24) is 0 Å². The Morgan fingerprint density at radius 3 is 2.29 bits per heavy atom. The molecule has 0 aliphatic carbocycles. The molecule has 3 rings (SSSR count). The van der Waals surface area contributed by atoms with Gasteiger partial charge in [0, 0.05) is 6.92 Å². The molecule has 10 heteroatoms. The molecule has 2 aromatic rings. The van der Waals surface area contributed by atoms with E-state index in [0.29, 0.717) is 5.56 Å². The number of ether oxygens (including phenoxy) is 2. The molecule has 0 aromatic heterocycles. The summed E-state index contributed by atoms with van der Waals surface area (Å²) >= 11 is 0. The van der Waals surface area contributed by atoms with Crippen LogP contribution >= 0.6 is 0 Å². The smallest absolute Gasteiger partial charge is 0.355 e. The maximum Gasteiger partial charge on any atom is 0.355 e. The molecule has 2 aromatic carbocycles. The van der Waals surface area contributed by atoms with Crippen molar-refractivity contribution >= 4 is 29.2 Å². The summed E-state index contributed by atoms with van der Waals surface area (Å²) in [6.07, 6.45) is 0. The van der Waals surface area contributed by atoms with E-state index in [0.717, 1.165) is 14.2 Å². The molecule has 1 atom stereocenters. The van der Waals surface area contributed by atoms with Gasteiger partial charge in [-0.25, -0.2) is 9.59 Å². The van der Waals surface area contributed by atoms with Gasteiger partial charge in [-0.15, -0.1) is 0 Å². The lowest BCUT2D eigenvalue weighted by atomic mass is 9.81. The van der Waals surface area contributed by atoms with Gasteiger partial charge in [-0.1, -0.05) is 30.3 Å². The van der Waals surface area contributed by atoms with E-state index in [4.69, 9.17) is 15.2 Å². The Morgan fingerprint density at radius 2 is 1.74 bits per heavy atom. The first-order valence-electron chi connectivity index (χ1n) is 10.0. The Bertz CT molecular complexity index is 1260. The zero-order valence-corrected chi connectivity index (χ0v) is 18.7. The number of carbonyl (C=O) groups excluding carboxylic acids is 3.